The lowest BCUT2D eigenvalue weighted by molar-refractivity contribution is -0.139. The summed E-state index contributed by atoms with van der Waals surface area (Å²) in [5.41, 5.74) is 1.94. The van der Waals surface area contributed by atoms with E-state index in [1.807, 2.05) is 54.0 Å². The van der Waals surface area contributed by atoms with Crippen molar-refractivity contribution in [3.8, 4) is 0 Å². The highest BCUT2D eigenvalue weighted by Crippen LogP contribution is 2.42. The van der Waals surface area contributed by atoms with Gasteiger partial charge in [-0.05, 0) is 18.6 Å². The average Bonchev–Trinajstić information content (AvgIpc) is 3.56. The first-order valence-electron chi connectivity index (χ1n) is 11.9. The maximum Gasteiger partial charge on any atom is 0.320 e. The van der Waals surface area contributed by atoms with Gasteiger partial charge < -0.3 is 29.4 Å². The van der Waals surface area contributed by atoms with Crippen molar-refractivity contribution in [1.82, 2.24) is 24.8 Å². The minimum Gasteiger partial charge on any atom is -0.394 e. The molecule has 1 aromatic carbocycles. The highest BCUT2D eigenvalue weighted by atomic mass is 127. The number of carbonyl (C=O) groups is 1. The molecular formula is C24H27IN6O6. The Morgan fingerprint density at radius 2 is 2.03 bits per heavy atom. The maximum absolute atomic E-state index is 12.1. The van der Waals surface area contributed by atoms with Gasteiger partial charge in [0.25, 0.3) is 0 Å². The molecule has 0 radical (unpaired) electrons. The Kier molecular flexibility index (Phi) is 8.26. The second kappa shape index (κ2) is 11.8. The molecule has 196 valence electrons. The zero-order chi connectivity index (χ0) is 25.8. The van der Waals surface area contributed by atoms with Crippen molar-refractivity contribution >= 4 is 51.7 Å². The number of hydrogen-bond acceptors (Lipinski definition) is 9. The van der Waals surface area contributed by atoms with Crippen LogP contribution >= 0.6 is 22.6 Å². The van der Waals surface area contributed by atoms with Gasteiger partial charge in [0.05, 0.1) is 19.8 Å². The van der Waals surface area contributed by atoms with E-state index in [0.717, 1.165) is 5.56 Å². The molecule has 0 aliphatic carbocycles. The Bertz CT molecular complexity index is 1260. The molecule has 2 aliphatic rings. The van der Waals surface area contributed by atoms with Gasteiger partial charge in [-0.25, -0.2) is 19.7 Å². The summed E-state index contributed by atoms with van der Waals surface area (Å²) in [5, 5.41) is 14.5. The number of hydrogen-bond donors (Lipinski definition) is 3. The molecule has 2 aromatic heterocycles. The lowest BCUT2D eigenvalue weighted by Gasteiger charge is -2.21. The van der Waals surface area contributed by atoms with E-state index in [2.05, 4.69) is 48.2 Å². The van der Waals surface area contributed by atoms with Crippen LogP contribution in [0.5, 0.6) is 0 Å². The van der Waals surface area contributed by atoms with Gasteiger partial charge >= 0.3 is 6.03 Å². The number of aromatic nitrogens is 4. The number of rotatable bonds is 9. The number of carbonyl (C=O) groups excluding carboxylic acids is 1. The van der Waals surface area contributed by atoms with E-state index in [9.17, 15) is 4.79 Å². The molecule has 2 saturated heterocycles. The molecule has 5 unspecified atom stereocenters. The van der Waals surface area contributed by atoms with Crippen molar-refractivity contribution in [2.24, 2.45) is 0 Å². The van der Waals surface area contributed by atoms with E-state index >= 15 is 0 Å². The summed E-state index contributed by atoms with van der Waals surface area (Å²) >= 11 is 2.10. The topological polar surface area (TPSA) is 142 Å². The quantitative estimate of drug-likeness (QED) is 0.186. The van der Waals surface area contributed by atoms with Gasteiger partial charge in [-0.2, -0.15) is 0 Å². The number of aliphatic hydroxyl groups excluding tert-OH is 1. The van der Waals surface area contributed by atoms with E-state index < -0.39 is 30.8 Å². The minimum absolute atomic E-state index is 0.0909. The smallest absolute Gasteiger partial charge is 0.320 e. The number of fused-ring (bicyclic) bond motifs is 2. The molecule has 2 aliphatic heterocycles. The van der Waals surface area contributed by atoms with Crippen molar-refractivity contribution in [2.75, 3.05) is 31.7 Å². The lowest BCUT2D eigenvalue weighted by Crippen LogP contribution is -2.32. The van der Waals surface area contributed by atoms with Gasteiger partial charge in [0, 0.05) is 29.1 Å². The summed E-state index contributed by atoms with van der Waals surface area (Å²) in [6.45, 7) is 2.62. The van der Waals surface area contributed by atoms with Crippen LogP contribution in [-0.4, -0.2) is 81.6 Å². The van der Waals surface area contributed by atoms with E-state index in [-0.39, 0.29) is 31.7 Å². The highest BCUT2D eigenvalue weighted by Gasteiger charge is 2.53. The van der Waals surface area contributed by atoms with Crippen LogP contribution in [0, 0.1) is 3.83 Å². The molecule has 0 saturated carbocycles. The second-order valence-electron chi connectivity index (χ2n) is 8.33. The van der Waals surface area contributed by atoms with Crippen LogP contribution in [0.3, 0.4) is 0 Å². The molecule has 12 nitrogen and oxygen atoms in total. The van der Waals surface area contributed by atoms with Gasteiger partial charge in [-0.3, -0.25) is 9.88 Å². The van der Waals surface area contributed by atoms with Crippen molar-refractivity contribution in [3.05, 3.63) is 52.1 Å². The molecular weight excluding hydrogens is 595 g/mol. The number of amides is 2. The second-order valence-corrected chi connectivity index (χ2v) is 9.30. The molecule has 2 fully saturated rings. The number of halogens is 1. The third kappa shape index (κ3) is 5.61. The van der Waals surface area contributed by atoms with Gasteiger partial charge in [-0.1, -0.05) is 36.4 Å². The highest BCUT2D eigenvalue weighted by molar-refractivity contribution is 14.1. The number of benzene rings is 1. The van der Waals surface area contributed by atoms with E-state index in [1.54, 1.807) is 0 Å². The molecule has 4 heterocycles. The Hall–Kier alpha value is -2.69. The zero-order valence-corrected chi connectivity index (χ0v) is 22.1. The van der Waals surface area contributed by atoms with Gasteiger partial charge in [-0.15, -0.1) is 0 Å². The SMILES string of the molecule is CCNC(=O)Nc1ncnc2c1nc(I)n2C1OC(COCCO)C2OC(/C=C/c3ccccc3)OC21. The van der Waals surface area contributed by atoms with Crippen LogP contribution in [0.25, 0.3) is 17.2 Å². The van der Waals surface area contributed by atoms with Crippen LogP contribution in [0.2, 0.25) is 0 Å². The van der Waals surface area contributed by atoms with Crippen LogP contribution in [0.1, 0.15) is 18.7 Å². The Labute approximate surface area is 226 Å². The fourth-order valence-electron chi connectivity index (χ4n) is 4.32. The molecule has 3 N–H and O–H groups in total. The fraction of sp³-hybridized carbons (Fsp3) is 0.417. The normalized spacial score (nSPS) is 25.1. The number of nitrogens with one attached hydrogen (secondary N) is 2. The van der Waals surface area contributed by atoms with E-state index in [1.165, 1.54) is 6.33 Å². The summed E-state index contributed by atoms with van der Waals surface area (Å²) in [6.07, 6.45) is 2.63. The first-order chi connectivity index (χ1) is 18.1. The number of nitrogens with zero attached hydrogens (tertiary/aromatic N) is 4. The van der Waals surface area contributed by atoms with Crippen LogP contribution in [0.15, 0.2) is 42.7 Å². The van der Waals surface area contributed by atoms with Crippen molar-refractivity contribution in [3.63, 3.8) is 0 Å². The standard InChI is InChI=1S/C24H27IN6O6/c1-2-26-24(33)30-20-17-21(28-13-27-20)31(23(25)29-17)22-19-18(15(35-22)12-34-11-10-32)36-16(37-19)9-8-14-6-4-3-5-7-14/h3-9,13,15-16,18-19,22,32H,2,10-12H2,1H3,(H2,26,27,28,30,33)/b9-8+. The molecule has 0 spiro atoms. The number of anilines is 1. The van der Waals surface area contributed by atoms with Crippen LogP contribution < -0.4 is 10.6 Å². The van der Waals surface area contributed by atoms with Crippen LogP contribution in [-0.2, 0) is 18.9 Å². The number of urea groups is 1. The monoisotopic (exact) mass is 622 g/mol. The number of aliphatic hydroxyl groups is 1. The summed E-state index contributed by atoms with van der Waals surface area (Å²) in [6, 6.07) is 9.50. The molecule has 5 atom stereocenters. The maximum atomic E-state index is 12.1. The van der Waals surface area contributed by atoms with Crippen molar-refractivity contribution in [1.29, 1.82) is 0 Å². The van der Waals surface area contributed by atoms with Crippen LogP contribution in [0.4, 0.5) is 10.6 Å². The Balaban J connectivity index is 1.43. The Morgan fingerprint density at radius 1 is 1.22 bits per heavy atom. The summed E-state index contributed by atoms with van der Waals surface area (Å²) in [7, 11) is 0. The number of ether oxygens (including phenoxy) is 4. The van der Waals surface area contributed by atoms with E-state index in [4.69, 9.17) is 24.1 Å². The van der Waals surface area contributed by atoms with Gasteiger partial charge in [0.1, 0.15) is 24.6 Å². The summed E-state index contributed by atoms with van der Waals surface area (Å²) in [4.78, 5) is 25.3. The third-order valence-corrected chi connectivity index (χ3v) is 6.65. The largest absolute Gasteiger partial charge is 0.394 e. The third-order valence-electron chi connectivity index (χ3n) is 5.89. The summed E-state index contributed by atoms with van der Waals surface area (Å²) < 4.78 is 26.8. The fourth-order valence-corrected chi connectivity index (χ4v) is 5.07. The molecule has 37 heavy (non-hydrogen) atoms. The minimum atomic E-state index is -0.619. The predicted molar refractivity (Wildman–Crippen MR) is 142 cm³/mol. The number of imidazole rings is 1. The summed E-state index contributed by atoms with van der Waals surface area (Å²) in [5.74, 6) is 0.289. The average molecular weight is 622 g/mol. The zero-order valence-electron chi connectivity index (χ0n) is 20.0. The molecule has 13 heteroatoms. The molecule has 3 aromatic rings. The first-order valence-corrected chi connectivity index (χ1v) is 13.0. The van der Waals surface area contributed by atoms with Crippen molar-refractivity contribution in [2.45, 2.75) is 37.8 Å². The molecule has 0 bridgehead atoms. The predicted octanol–water partition coefficient (Wildman–Crippen LogP) is 2.30. The first kappa shape index (κ1) is 25.9. The molecule has 2 amide bonds. The lowest BCUT2D eigenvalue weighted by atomic mass is 10.1. The van der Waals surface area contributed by atoms with Gasteiger partial charge in [0.15, 0.2) is 33.3 Å². The molecule has 5 rings (SSSR count). The Morgan fingerprint density at radius 3 is 2.81 bits per heavy atom. The van der Waals surface area contributed by atoms with Gasteiger partial charge in [0.2, 0.25) is 0 Å². The van der Waals surface area contributed by atoms with E-state index in [0.29, 0.717) is 21.5 Å². The van der Waals surface area contributed by atoms with Crippen molar-refractivity contribution < 1.29 is 28.8 Å².